The molecule has 31 heavy (non-hydrogen) atoms. The number of rotatable bonds is 4. The number of nitrogens with two attached hydrogens (primary N) is 1. The number of nitro benzene ring substituents is 1. The maximum absolute atomic E-state index is 12.5. The molecule has 1 aliphatic rings. The van der Waals surface area contributed by atoms with Crippen molar-refractivity contribution in [3.8, 4) is 0 Å². The molecule has 0 bridgehead atoms. The SMILES string of the molecule is CC(C)(C)[C@H]1CCc2c(sc(NC(=S)NC(=O)c3ccccc3[N+](=O)[O-])c2C(N)=O)C1. The second kappa shape index (κ2) is 8.72. The molecular formula is C21H24N4O4S2. The summed E-state index contributed by atoms with van der Waals surface area (Å²) in [6.07, 6.45) is 2.57. The molecule has 0 radical (unpaired) electrons. The molecule has 3 rings (SSSR count). The summed E-state index contributed by atoms with van der Waals surface area (Å²) in [7, 11) is 0. The van der Waals surface area contributed by atoms with Gasteiger partial charge in [0.05, 0.1) is 10.5 Å². The topological polar surface area (TPSA) is 127 Å². The van der Waals surface area contributed by atoms with E-state index < -0.39 is 16.7 Å². The zero-order valence-electron chi connectivity index (χ0n) is 17.5. The number of amides is 2. The molecule has 0 fully saturated rings. The van der Waals surface area contributed by atoms with Gasteiger partial charge in [-0.1, -0.05) is 32.9 Å². The van der Waals surface area contributed by atoms with Crippen LogP contribution in [0.2, 0.25) is 0 Å². The largest absolute Gasteiger partial charge is 0.365 e. The van der Waals surface area contributed by atoms with Crippen LogP contribution >= 0.6 is 23.6 Å². The third-order valence-electron chi connectivity index (χ3n) is 5.54. The highest BCUT2D eigenvalue weighted by Crippen LogP contribution is 2.44. The first-order chi connectivity index (χ1) is 14.5. The smallest absolute Gasteiger partial charge is 0.282 e. The number of para-hydroxylation sites is 1. The van der Waals surface area contributed by atoms with Gasteiger partial charge in [-0.25, -0.2) is 0 Å². The van der Waals surface area contributed by atoms with Gasteiger partial charge in [-0.15, -0.1) is 11.3 Å². The number of carbonyl (C=O) groups excluding carboxylic acids is 2. The summed E-state index contributed by atoms with van der Waals surface area (Å²) in [5.74, 6) is -0.779. The molecule has 1 heterocycles. The van der Waals surface area contributed by atoms with E-state index in [4.69, 9.17) is 18.0 Å². The lowest BCUT2D eigenvalue weighted by Crippen LogP contribution is -2.34. The lowest BCUT2D eigenvalue weighted by molar-refractivity contribution is -0.385. The third kappa shape index (κ3) is 4.91. The van der Waals surface area contributed by atoms with Crippen LogP contribution in [0.1, 0.15) is 58.3 Å². The van der Waals surface area contributed by atoms with E-state index in [-0.39, 0.29) is 21.8 Å². The molecule has 4 N–H and O–H groups in total. The number of benzene rings is 1. The zero-order valence-corrected chi connectivity index (χ0v) is 19.1. The monoisotopic (exact) mass is 460 g/mol. The first-order valence-electron chi connectivity index (χ1n) is 9.79. The summed E-state index contributed by atoms with van der Waals surface area (Å²) in [5, 5.41) is 16.9. The van der Waals surface area contributed by atoms with Crippen LogP contribution in [0.4, 0.5) is 10.7 Å². The average molecular weight is 461 g/mol. The first kappa shape index (κ1) is 22.8. The van der Waals surface area contributed by atoms with Crippen molar-refractivity contribution in [1.29, 1.82) is 0 Å². The number of thiophene rings is 1. The van der Waals surface area contributed by atoms with Crippen LogP contribution in [0.25, 0.3) is 0 Å². The first-order valence-corrected chi connectivity index (χ1v) is 11.0. The third-order valence-corrected chi connectivity index (χ3v) is 6.91. The fourth-order valence-electron chi connectivity index (χ4n) is 3.80. The highest BCUT2D eigenvalue weighted by molar-refractivity contribution is 7.80. The Bertz CT molecular complexity index is 1070. The Morgan fingerprint density at radius 2 is 1.97 bits per heavy atom. The molecule has 0 saturated heterocycles. The van der Waals surface area contributed by atoms with Gasteiger partial charge in [-0.2, -0.15) is 0 Å². The number of fused-ring (bicyclic) bond motifs is 1. The number of primary amides is 1. The van der Waals surface area contributed by atoms with Crippen molar-refractivity contribution >= 4 is 51.2 Å². The predicted octanol–water partition coefficient (Wildman–Crippen LogP) is 4.03. The minimum Gasteiger partial charge on any atom is -0.365 e. The van der Waals surface area contributed by atoms with E-state index >= 15 is 0 Å². The number of hydrogen-bond acceptors (Lipinski definition) is 6. The van der Waals surface area contributed by atoms with E-state index in [0.29, 0.717) is 16.5 Å². The summed E-state index contributed by atoms with van der Waals surface area (Å²) < 4.78 is 0. The van der Waals surface area contributed by atoms with Gasteiger partial charge in [0.15, 0.2) is 5.11 Å². The van der Waals surface area contributed by atoms with Gasteiger partial charge in [0.2, 0.25) is 0 Å². The molecule has 8 nitrogen and oxygen atoms in total. The van der Waals surface area contributed by atoms with Crippen molar-refractivity contribution in [1.82, 2.24) is 5.32 Å². The van der Waals surface area contributed by atoms with Gasteiger partial charge in [-0.05, 0) is 54.4 Å². The Balaban J connectivity index is 1.81. The van der Waals surface area contributed by atoms with Crippen LogP contribution < -0.4 is 16.4 Å². The standard InChI is InChI=1S/C21H24N4O4S2/c1-21(2,3)11-8-9-13-15(10-11)31-19(16(13)17(22)26)24-20(30)23-18(27)12-6-4-5-7-14(12)25(28)29/h4-7,11H,8-10H2,1-3H3,(H2,22,26)(H2,23,24,27,30)/t11-/m0/s1. The van der Waals surface area contributed by atoms with E-state index in [1.165, 1.54) is 35.6 Å². The summed E-state index contributed by atoms with van der Waals surface area (Å²) >= 11 is 6.64. The summed E-state index contributed by atoms with van der Waals surface area (Å²) in [6, 6.07) is 5.60. The Hall–Kier alpha value is -2.85. The van der Waals surface area contributed by atoms with E-state index in [0.717, 1.165) is 29.7 Å². The van der Waals surface area contributed by atoms with Crippen molar-refractivity contribution in [2.75, 3.05) is 5.32 Å². The van der Waals surface area contributed by atoms with Gasteiger partial charge in [0, 0.05) is 10.9 Å². The van der Waals surface area contributed by atoms with Crippen LogP contribution in [0, 0.1) is 21.4 Å². The van der Waals surface area contributed by atoms with Crippen LogP contribution in [-0.2, 0) is 12.8 Å². The Kier molecular flexibility index (Phi) is 6.42. The molecule has 10 heteroatoms. The zero-order chi connectivity index (χ0) is 22.9. The molecule has 1 aromatic heterocycles. The molecule has 0 aliphatic heterocycles. The number of nitro groups is 1. The van der Waals surface area contributed by atoms with Crippen molar-refractivity contribution < 1.29 is 14.5 Å². The fraction of sp³-hybridized carbons (Fsp3) is 0.381. The molecule has 1 atom stereocenters. The van der Waals surface area contributed by atoms with E-state index in [1.807, 2.05) is 0 Å². The molecule has 1 aromatic carbocycles. The van der Waals surface area contributed by atoms with Crippen LogP contribution in [0.3, 0.4) is 0 Å². The van der Waals surface area contributed by atoms with Crippen molar-refractivity contribution in [3.05, 3.63) is 55.9 Å². The molecular weight excluding hydrogens is 436 g/mol. The Labute approximate surface area is 189 Å². The lowest BCUT2D eigenvalue weighted by atomic mass is 9.72. The summed E-state index contributed by atoms with van der Waals surface area (Å²) in [4.78, 5) is 36.3. The lowest BCUT2D eigenvalue weighted by Gasteiger charge is -2.33. The van der Waals surface area contributed by atoms with Crippen molar-refractivity contribution in [3.63, 3.8) is 0 Å². The number of carbonyl (C=O) groups is 2. The Morgan fingerprint density at radius 1 is 1.29 bits per heavy atom. The number of anilines is 1. The highest BCUT2D eigenvalue weighted by atomic mass is 32.1. The quantitative estimate of drug-likeness (QED) is 0.359. The van der Waals surface area contributed by atoms with Gasteiger partial charge < -0.3 is 11.1 Å². The number of thiocarbonyl (C=S) groups is 1. The molecule has 0 spiro atoms. The number of nitrogens with zero attached hydrogens (tertiary/aromatic N) is 1. The van der Waals surface area contributed by atoms with Gasteiger partial charge in [0.1, 0.15) is 10.6 Å². The maximum atomic E-state index is 12.5. The fourth-order valence-corrected chi connectivity index (χ4v) is 5.40. The van der Waals surface area contributed by atoms with Crippen LogP contribution in [0.15, 0.2) is 24.3 Å². The van der Waals surface area contributed by atoms with Gasteiger partial charge in [-0.3, -0.25) is 25.0 Å². The van der Waals surface area contributed by atoms with Crippen molar-refractivity contribution in [2.45, 2.75) is 40.0 Å². The summed E-state index contributed by atoms with van der Waals surface area (Å²) in [6.45, 7) is 6.62. The minimum atomic E-state index is -0.709. The average Bonchev–Trinajstić information content (AvgIpc) is 3.04. The van der Waals surface area contributed by atoms with E-state index in [1.54, 1.807) is 0 Å². The van der Waals surface area contributed by atoms with Crippen LogP contribution in [0.5, 0.6) is 0 Å². The second-order valence-electron chi connectivity index (χ2n) is 8.56. The molecule has 2 amide bonds. The molecule has 0 unspecified atom stereocenters. The minimum absolute atomic E-state index is 0.0587. The predicted molar refractivity (Wildman–Crippen MR) is 125 cm³/mol. The van der Waals surface area contributed by atoms with Gasteiger partial charge >= 0.3 is 0 Å². The number of nitrogens with one attached hydrogen (secondary N) is 2. The second-order valence-corrected chi connectivity index (χ2v) is 10.1. The Morgan fingerprint density at radius 3 is 2.58 bits per heavy atom. The molecule has 2 aromatic rings. The maximum Gasteiger partial charge on any atom is 0.282 e. The number of hydrogen-bond donors (Lipinski definition) is 3. The van der Waals surface area contributed by atoms with Gasteiger partial charge in [0.25, 0.3) is 17.5 Å². The molecule has 1 aliphatic carbocycles. The van der Waals surface area contributed by atoms with E-state index in [2.05, 4.69) is 31.4 Å². The highest BCUT2D eigenvalue weighted by Gasteiger charge is 2.33. The summed E-state index contributed by atoms with van der Waals surface area (Å²) in [5.41, 5.74) is 6.71. The molecule has 0 saturated carbocycles. The van der Waals surface area contributed by atoms with Crippen molar-refractivity contribution in [2.24, 2.45) is 17.1 Å². The molecule has 164 valence electrons. The van der Waals surface area contributed by atoms with E-state index in [9.17, 15) is 19.7 Å². The van der Waals surface area contributed by atoms with Crippen LogP contribution in [-0.4, -0.2) is 21.9 Å². The normalized spacial score (nSPS) is 15.6.